The summed E-state index contributed by atoms with van der Waals surface area (Å²) in [6, 6.07) is 6.84. The van der Waals surface area contributed by atoms with E-state index in [1.54, 1.807) is 38.1 Å². The molecular formula is C12H15N3O3S. The third-order valence-corrected chi connectivity index (χ3v) is 4.21. The summed E-state index contributed by atoms with van der Waals surface area (Å²) in [6.45, 7) is 3.68. The van der Waals surface area contributed by atoms with Gasteiger partial charge in [-0.15, -0.1) is 0 Å². The molecule has 1 aromatic heterocycles. The minimum Gasteiger partial charge on any atom is -0.340 e. The van der Waals surface area contributed by atoms with Crippen LogP contribution in [0.1, 0.15) is 17.3 Å². The Morgan fingerprint density at radius 1 is 1.26 bits per heavy atom. The maximum absolute atomic E-state index is 12.1. The fourth-order valence-corrected chi connectivity index (χ4v) is 2.95. The molecule has 1 aromatic carbocycles. The van der Waals surface area contributed by atoms with Gasteiger partial charge in [-0.3, -0.25) is 0 Å². The van der Waals surface area contributed by atoms with Crippen molar-refractivity contribution in [1.29, 1.82) is 0 Å². The van der Waals surface area contributed by atoms with E-state index in [2.05, 4.69) is 14.9 Å². The zero-order valence-electron chi connectivity index (χ0n) is 10.8. The van der Waals surface area contributed by atoms with Crippen molar-refractivity contribution in [2.45, 2.75) is 25.2 Å². The molecule has 7 heteroatoms. The first-order valence-corrected chi connectivity index (χ1v) is 7.32. The maximum atomic E-state index is 12.1. The molecule has 1 N–H and O–H groups in total. The third-order valence-electron chi connectivity index (χ3n) is 2.59. The van der Waals surface area contributed by atoms with Crippen molar-refractivity contribution in [1.82, 2.24) is 14.9 Å². The van der Waals surface area contributed by atoms with E-state index in [4.69, 9.17) is 4.52 Å². The first-order valence-electron chi connectivity index (χ1n) is 5.83. The quantitative estimate of drug-likeness (QED) is 0.890. The number of hydrogen-bond acceptors (Lipinski definition) is 5. The molecule has 2 rings (SSSR count). The van der Waals surface area contributed by atoms with Crippen molar-refractivity contribution in [3.63, 3.8) is 0 Å². The standard InChI is InChI=1S/C12H15N3O3S/c1-9-5-3-4-6-11(9)19(16,17)13-8-7-12-14-10(2)18-15-12/h3-6,13H,7-8H2,1-2H3. The van der Waals surface area contributed by atoms with Gasteiger partial charge in [-0.25, -0.2) is 13.1 Å². The summed E-state index contributed by atoms with van der Waals surface area (Å²) in [4.78, 5) is 4.30. The van der Waals surface area contributed by atoms with Crippen LogP contribution in [0.25, 0.3) is 0 Å². The molecule has 0 atom stereocenters. The van der Waals surface area contributed by atoms with Crippen LogP contribution in [0.3, 0.4) is 0 Å². The number of sulfonamides is 1. The monoisotopic (exact) mass is 281 g/mol. The average Bonchev–Trinajstić information content (AvgIpc) is 2.75. The Bertz CT molecular complexity index is 664. The maximum Gasteiger partial charge on any atom is 0.240 e. The van der Waals surface area contributed by atoms with E-state index < -0.39 is 10.0 Å². The van der Waals surface area contributed by atoms with Gasteiger partial charge in [-0.05, 0) is 18.6 Å². The van der Waals surface area contributed by atoms with Crippen LogP contribution in [0.4, 0.5) is 0 Å². The van der Waals surface area contributed by atoms with Gasteiger partial charge in [0.15, 0.2) is 5.82 Å². The van der Waals surface area contributed by atoms with Gasteiger partial charge in [0, 0.05) is 19.9 Å². The molecule has 0 unspecified atom stereocenters. The lowest BCUT2D eigenvalue weighted by molar-refractivity contribution is 0.387. The second-order valence-corrected chi connectivity index (χ2v) is 5.88. The van der Waals surface area contributed by atoms with Gasteiger partial charge >= 0.3 is 0 Å². The highest BCUT2D eigenvalue weighted by molar-refractivity contribution is 7.89. The lowest BCUT2D eigenvalue weighted by Gasteiger charge is -2.07. The highest BCUT2D eigenvalue weighted by Gasteiger charge is 2.15. The van der Waals surface area contributed by atoms with E-state index in [9.17, 15) is 8.42 Å². The van der Waals surface area contributed by atoms with Crippen LogP contribution in [0.2, 0.25) is 0 Å². The van der Waals surface area contributed by atoms with E-state index in [1.807, 2.05) is 0 Å². The van der Waals surface area contributed by atoms with Gasteiger partial charge in [0.05, 0.1) is 4.90 Å². The first-order chi connectivity index (χ1) is 8.99. The number of aromatic nitrogens is 2. The Hall–Kier alpha value is -1.73. The van der Waals surface area contributed by atoms with Gasteiger partial charge in [0.25, 0.3) is 0 Å². The number of benzene rings is 1. The second-order valence-electron chi connectivity index (χ2n) is 4.14. The normalized spacial score (nSPS) is 11.7. The molecule has 0 aliphatic rings. The minimum absolute atomic E-state index is 0.232. The van der Waals surface area contributed by atoms with Gasteiger partial charge in [-0.1, -0.05) is 23.4 Å². The highest BCUT2D eigenvalue weighted by atomic mass is 32.2. The van der Waals surface area contributed by atoms with E-state index in [-0.39, 0.29) is 6.54 Å². The largest absolute Gasteiger partial charge is 0.340 e. The molecule has 0 bridgehead atoms. The minimum atomic E-state index is -3.49. The summed E-state index contributed by atoms with van der Waals surface area (Å²) in [5, 5.41) is 3.70. The van der Waals surface area contributed by atoms with Crippen LogP contribution in [-0.4, -0.2) is 25.1 Å². The molecule has 0 fully saturated rings. The first kappa shape index (κ1) is 13.7. The zero-order chi connectivity index (χ0) is 13.9. The smallest absolute Gasteiger partial charge is 0.240 e. The van der Waals surface area contributed by atoms with Crippen LogP contribution in [0, 0.1) is 13.8 Å². The summed E-state index contributed by atoms with van der Waals surface area (Å²) in [6.07, 6.45) is 0.391. The molecule has 0 radical (unpaired) electrons. The Kier molecular flexibility index (Phi) is 3.96. The van der Waals surface area contributed by atoms with E-state index in [1.165, 1.54) is 0 Å². The van der Waals surface area contributed by atoms with Crippen molar-refractivity contribution in [3.05, 3.63) is 41.5 Å². The van der Waals surface area contributed by atoms with Crippen molar-refractivity contribution < 1.29 is 12.9 Å². The molecule has 1 heterocycles. The number of aryl methyl sites for hydroxylation is 2. The Balaban J connectivity index is 2.01. The van der Waals surface area contributed by atoms with Crippen LogP contribution >= 0.6 is 0 Å². The molecule has 19 heavy (non-hydrogen) atoms. The van der Waals surface area contributed by atoms with E-state index in [0.29, 0.717) is 28.6 Å². The number of nitrogens with one attached hydrogen (secondary N) is 1. The Morgan fingerprint density at radius 3 is 2.63 bits per heavy atom. The highest BCUT2D eigenvalue weighted by Crippen LogP contribution is 2.13. The van der Waals surface area contributed by atoms with E-state index in [0.717, 1.165) is 0 Å². The Morgan fingerprint density at radius 2 is 2.00 bits per heavy atom. The summed E-state index contributed by atoms with van der Waals surface area (Å²) < 4.78 is 31.5. The molecule has 0 aliphatic heterocycles. The predicted octanol–water partition coefficient (Wildman–Crippen LogP) is 1.21. The SMILES string of the molecule is Cc1nc(CCNS(=O)(=O)c2ccccc2C)no1. The van der Waals surface area contributed by atoms with Crippen molar-refractivity contribution in [2.75, 3.05) is 6.54 Å². The van der Waals surface area contributed by atoms with Crippen LogP contribution < -0.4 is 4.72 Å². The van der Waals surface area contributed by atoms with Crippen molar-refractivity contribution in [2.24, 2.45) is 0 Å². The molecule has 102 valence electrons. The number of nitrogens with zero attached hydrogens (tertiary/aromatic N) is 2. The van der Waals surface area contributed by atoms with Crippen LogP contribution in [0.15, 0.2) is 33.7 Å². The lowest BCUT2D eigenvalue weighted by Crippen LogP contribution is -2.26. The number of rotatable bonds is 5. The zero-order valence-corrected chi connectivity index (χ0v) is 11.6. The van der Waals surface area contributed by atoms with Crippen LogP contribution in [-0.2, 0) is 16.4 Å². The fourth-order valence-electron chi connectivity index (χ4n) is 1.68. The molecule has 6 nitrogen and oxygen atoms in total. The molecule has 0 saturated carbocycles. The predicted molar refractivity (Wildman–Crippen MR) is 69.1 cm³/mol. The molecule has 0 aliphatic carbocycles. The van der Waals surface area contributed by atoms with Gasteiger partial charge in [-0.2, -0.15) is 4.98 Å². The Labute approximate surface area is 111 Å². The van der Waals surface area contributed by atoms with Gasteiger partial charge in [0.1, 0.15) is 0 Å². The topological polar surface area (TPSA) is 85.1 Å². The fraction of sp³-hybridized carbons (Fsp3) is 0.333. The molecule has 0 spiro atoms. The van der Waals surface area contributed by atoms with Crippen molar-refractivity contribution >= 4 is 10.0 Å². The number of hydrogen-bond donors (Lipinski definition) is 1. The van der Waals surface area contributed by atoms with Crippen LogP contribution in [0.5, 0.6) is 0 Å². The molecule has 2 aromatic rings. The van der Waals surface area contributed by atoms with Crippen molar-refractivity contribution in [3.8, 4) is 0 Å². The second kappa shape index (κ2) is 5.50. The molecule has 0 saturated heterocycles. The molecular weight excluding hydrogens is 266 g/mol. The third kappa shape index (κ3) is 3.39. The lowest BCUT2D eigenvalue weighted by atomic mass is 10.2. The summed E-state index contributed by atoms with van der Waals surface area (Å²) in [7, 11) is -3.49. The van der Waals surface area contributed by atoms with E-state index >= 15 is 0 Å². The summed E-state index contributed by atoms with van der Waals surface area (Å²) in [5.74, 6) is 0.960. The summed E-state index contributed by atoms with van der Waals surface area (Å²) >= 11 is 0. The average molecular weight is 281 g/mol. The summed E-state index contributed by atoms with van der Waals surface area (Å²) in [5.41, 5.74) is 0.713. The molecule has 0 amide bonds. The van der Waals surface area contributed by atoms with Gasteiger partial charge in [0.2, 0.25) is 15.9 Å². The van der Waals surface area contributed by atoms with Gasteiger partial charge < -0.3 is 4.52 Å².